The summed E-state index contributed by atoms with van der Waals surface area (Å²) in [5.41, 5.74) is 1.44. The van der Waals surface area contributed by atoms with E-state index in [4.69, 9.17) is 42.6 Å². The molecule has 0 amide bonds. The normalized spacial score (nSPS) is 53.5. The molecule has 5 aliphatic heterocycles. The molecule has 420 valence electrons. The van der Waals surface area contributed by atoms with Gasteiger partial charge in [-0.15, -0.1) is 0 Å². The van der Waals surface area contributed by atoms with Crippen LogP contribution in [0.2, 0.25) is 0 Å². The Bertz CT molecular complexity index is 1880. The molecule has 4 saturated carbocycles. The predicted octanol–water partition coefficient (Wildman–Crippen LogP) is -1.98. The lowest BCUT2D eigenvalue weighted by Gasteiger charge is -2.61. The van der Waals surface area contributed by atoms with Crippen molar-refractivity contribution in [3.8, 4) is 0 Å². The van der Waals surface area contributed by atoms with Crippen molar-refractivity contribution in [1.29, 1.82) is 0 Å². The fourth-order valence-electron chi connectivity index (χ4n) is 15.1. The van der Waals surface area contributed by atoms with Gasteiger partial charge in [0.05, 0.1) is 44.4 Å². The molecule has 8 fully saturated rings. The average molecular weight is 1050 g/mol. The van der Waals surface area contributed by atoms with E-state index in [0.29, 0.717) is 42.4 Å². The average Bonchev–Trinajstić information content (AvgIpc) is 3.86. The highest BCUT2D eigenvalue weighted by molar-refractivity contribution is 5.27. The molecule has 9 aliphatic rings. The van der Waals surface area contributed by atoms with E-state index in [1.807, 2.05) is 6.92 Å². The summed E-state index contributed by atoms with van der Waals surface area (Å²) in [4.78, 5) is 0. The molecule has 0 aromatic carbocycles. The van der Waals surface area contributed by atoms with Crippen molar-refractivity contribution in [3.63, 3.8) is 0 Å². The second-order valence-corrected chi connectivity index (χ2v) is 23.7. The molecule has 5 heterocycles. The molecule has 9 rings (SSSR count). The van der Waals surface area contributed by atoms with Gasteiger partial charge in [-0.1, -0.05) is 20.8 Å². The molecule has 73 heavy (non-hydrogen) atoms. The fourth-order valence-corrected chi connectivity index (χ4v) is 15.1. The molecule has 4 aliphatic carbocycles. The number of ether oxygens (including phenoxy) is 9. The lowest BCUT2D eigenvalue weighted by molar-refractivity contribution is -0.390. The quantitative estimate of drug-likeness (QED) is 0.0791. The summed E-state index contributed by atoms with van der Waals surface area (Å²) in [5, 5.41) is 136. The first-order valence-corrected chi connectivity index (χ1v) is 26.8. The number of allylic oxidation sites excluding steroid dienone is 1. The number of aliphatic hydroxyl groups excluding tert-OH is 13. The number of rotatable bonds is 15. The van der Waals surface area contributed by atoms with Crippen LogP contribution in [0, 0.1) is 46.3 Å². The first kappa shape index (κ1) is 56.4. The zero-order valence-electron chi connectivity index (χ0n) is 42.6. The largest absolute Gasteiger partial charge is 0.494 e. The van der Waals surface area contributed by atoms with Gasteiger partial charge in [0.15, 0.2) is 25.2 Å². The third-order valence-corrected chi connectivity index (χ3v) is 19.4. The van der Waals surface area contributed by atoms with Crippen LogP contribution in [-0.4, -0.2) is 228 Å². The maximum atomic E-state index is 12.1. The van der Waals surface area contributed by atoms with Gasteiger partial charge < -0.3 is 109 Å². The van der Waals surface area contributed by atoms with Crippen LogP contribution >= 0.6 is 0 Å². The van der Waals surface area contributed by atoms with Crippen molar-refractivity contribution < 1.29 is 109 Å². The van der Waals surface area contributed by atoms with E-state index in [2.05, 4.69) is 20.8 Å². The summed E-state index contributed by atoms with van der Waals surface area (Å²) >= 11 is 0. The summed E-state index contributed by atoms with van der Waals surface area (Å²) < 4.78 is 54.7. The van der Waals surface area contributed by atoms with Gasteiger partial charge in [0, 0.05) is 12.3 Å². The Morgan fingerprint density at radius 1 is 0.575 bits per heavy atom. The molecular formula is C51H84O22. The fraction of sp³-hybridized carbons (Fsp3) is 0.961. The third-order valence-electron chi connectivity index (χ3n) is 19.4. The van der Waals surface area contributed by atoms with Crippen molar-refractivity contribution in [2.24, 2.45) is 46.3 Å². The minimum atomic E-state index is -1.84. The van der Waals surface area contributed by atoms with E-state index in [9.17, 15) is 66.4 Å². The highest BCUT2D eigenvalue weighted by Crippen LogP contribution is 2.70. The topological polar surface area (TPSA) is 346 Å². The van der Waals surface area contributed by atoms with Gasteiger partial charge in [0.25, 0.3) is 0 Å². The van der Waals surface area contributed by atoms with Crippen LogP contribution in [0.25, 0.3) is 0 Å². The molecule has 30 atom stereocenters. The molecule has 0 aromatic rings. The molecule has 0 radical (unpaired) electrons. The molecule has 0 unspecified atom stereocenters. The van der Waals surface area contributed by atoms with Crippen LogP contribution in [0.15, 0.2) is 11.3 Å². The van der Waals surface area contributed by atoms with Crippen molar-refractivity contribution >= 4 is 0 Å². The summed E-state index contributed by atoms with van der Waals surface area (Å²) in [6.07, 6.45) is -21.1. The molecule has 0 aromatic heterocycles. The summed E-state index contributed by atoms with van der Waals surface area (Å²) in [7, 11) is 0. The van der Waals surface area contributed by atoms with Crippen LogP contribution in [0.4, 0.5) is 0 Å². The molecule has 22 nitrogen and oxygen atoms in total. The third kappa shape index (κ3) is 10.3. The van der Waals surface area contributed by atoms with Gasteiger partial charge in [0.1, 0.15) is 97.7 Å². The van der Waals surface area contributed by atoms with Crippen LogP contribution in [0.5, 0.6) is 0 Å². The smallest absolute Gasteiger partial charge is 0.187 e. The van der Waals surface area contributed by atoms with E-state index >= 15 is 0 Å². The second-order valence-electron chi connectivity index (χ2n) is 23.7. The minimum Gasteiger partial charge on any atom is -0.494 e. The Morgan fingerprint density at radius 3 is 1.81 bits per heavy atom. The van der Waals surface area contributed by atoms with Crippen LogP contribution < -0.4 is 0 Å². The Kier molecular flexibility index (Phi) is 17.3. The zero-order valence-corrected chi connectivity index (χ0v) is 42.6. The van der Waals surface area contributed by atoms with Crippen LogP contribution in [-0.2, 0) is 42.6 Å². The Morgan fingerprint density at radius 2 is 1.15 bits per heavy atom. The Balaban J connectivity index is 0.836. The first-order chi connectivity index (χ1) is 34.6. The van der Waals surface area contributed by atoms with E-state index < -0.39 is 143 Å². The predicted molar refractivity (Wildman–Crippen MR) is 249 cm³/mol. The number of aliphatic hydroxyl groups is 13. The first-order valence-electron chi connectivity index (χ1n) is 26.8. The monoisotopic (exact) mass is 1050 g/mol. The van der Waals surface area contributed by atoms with E-state index in [-0.39, 0.29) is 35.6 Å². The van der Waals surface area contributed by atoms with Crippen molar-refractivity contribution in [2.45, 2.75) is 234 Å². The molecule has 0 spiro atoms. The van der Waals surface area contributed by atoms with Gasteiger partial charge in [-0.2, -0.15) is 0 Å². The Labute approximate surface area is 426 Å². The number of hydrogen-bond donors (Lipinski definition) is 13. The van der Waals surface area contributed by atoms with Crippen LogP contribution in [0.1, 0.15) is 98.8 Å². The maximum Gasteiger partial charge on any atom is 0.187 e. The standard InChI is InChI=1S/C51H84O22/c1-20(19-65-46-40(61)38(59)35(56)30(16-52)69-46)6-9-28-21(2)33-29(68-28)15-27-25-8-7-23-14-24(10-12-50(23,4)26(25)11-13-51(27,33)5)67-49-45(73-47-41(62)37(58)34(55)22(3)66-47)43(64)44(32(18-54)71-49)72-48-42(63)39(60)36(57)31(17-53)70-48/h20,22-27,29-49,52-64H,6-19H2,1-5H3/t20-,22+,23-,24+,25-,26+,27+,29+,30-,31-,32-,33+,34+,35-,36-,37-,38+,39+,40-,41-,42-,43+,44-,45-,46-,47+,48+,49-,50+,51+/m1/s1. The Hall–Kier alpha value is -1.30. The van der Waals surface area contributed by atoms with Crippen molar-refractivity contribution in [2.75, 3.05) is 26.4 Å². The van der Waals surface area contributed by atoms with Gasteiger partial charge in [0.2, 0.25) is 0 Å². The lowest BCUT2D eigenvalue weighted by Crippen LogP contribution is -2.67. The maximum absolute atomic E-state index is 12.1. The number of fused-ring (bicyclic) bond motifs is 7. The van der Waals surface area contributed by atoms with Crippen molar-refractivity contribution in [3.05, 3.63) is 11.3 Å². The van der Waals surface area contributed by atoms with Gasteiger partial charge in [-0.25, -0.2) is 0 Å². The molecule has 4 saturated heterocycles. The van der Waals surface area contributed by atoms with Gasteiger partial charge in [-0.3, -0.25) is 0 Å². The molecular weight excluding hydrogens is 965 g/mol. The second kappa shape index (κ2) is 22.4. The molecule has 0 bridgehead atoms. The highest BCUT2D eigenvalue weighted by atomic mass is 16.8. The number of hydrogen-bond acceptors (Lipinski definition) is 22. The summed E-state index contributed by atoms with van der Waals surface area (Å²) in [6.45, 7) is 8.95. The lowest BCUT2D eigenvalue weighted by atomic mass is 9.44. The van der Waals surface area contributed by atoms with E-state index in [1.165, 1.54) is 12.5 Å². The summed E-state index contributed by atoms with van der Waals surface area (Å²) in [5.74, 6) is 3.27. The van der Waals surface area contributed by atoms with Crippen LogP contribution in [0.3, 0.4) is 0 Å². The van der Waals surface area contributed by atoms with Gasteiger partial charge in [-0.05, 0) is 118 Å². The molecule has 22 heteroatoms. The van der Waals surface area contributed by atoms with E-state index in [0.717, 1.165) is 57.1 Å². The summed E-state index contributed by atoms with van der Waals surface area (Å²) in [6, 6.07) is 0. The van der Waals surface area contributed by atoms with E-state index in [1.54, 1.807) is 0 Å². The highest BCUT2D eigenvalue weighted by Gasteiger charge is 2.65. The SMILES string of the molecule is CC1=C(CC[C@@H](C)CO[C@@H]2O[C@H](CO)[C@@H](O)[C@H](O)[C@H]2O)O[C@H]2C[C@H]3[C@@H]4CC[C@@H]5C[C@@H](O[C@@H]6O[C@H](CO)[C@@H](O[C@@H]7O[C@H](CO)[C@@H](O)[C@H](O)[C@H]7O)[C@H](O)[C@H]6O[C@@H]6O[C@@H](C)[C@H](O)[C@@H](O)[C@H]6O)CC[C@]5(C)[C@H]4CC[C@]3(C)[C@@H]12. The zero-order chi connectivity index (χ0) is 52.6. The van der Waals surface area contributed by atoms with Crippen molar-refractivity contribution in [1.82, 2.24) is 0 Å². The van der Waals surface area contributed by atoms with Gasteiger partial charge >= 0.3 is 0 Å². The minimum absolute atomic E-state index is 0.0283. The molecule has 13 N–H and O–H groups in total.